The minimum Gasteiger partial charge on any atom is -0.387 e. The molecular formula is C11H13N3O2. The van der Waals surface area contributed by atoms with Gasteiger partial charge in [0.25, 0.3) is 11.8 Å². The predicted octanol–water partition coefficient (Wildman–Crippen LogP) is 0.996. The molecule has 0 fully saturated rings. The standard InChI is InChI=1S/C11H13N3O2/c1-12-6-4-5-7(13-2)9-8(6)10(15)14(3)11(9)16/h4-5,12-13H,1-3H3. The van der Waals surface area contributed by atoms with Crippen LogP contribution in [0.5, 0.6) is 0 Å². The summed E-state index contributed by atoms with van der Waals surface area (Å²) in [5.74, 6) is -0.525. The van der Waals surface area contributed by atoms with Gasteiger partial charge in [0.15, 0.2) is 0 Å². The number of fused-ring (bicyclic) bond motifs is 1. The number of nitrogens with one attached hydrogen (secondary N) is 2. The Morgan fingerprint density at radius 1 is 0.938 bits per heavy atom. The number of carbonyl (C=O) groups is 2. The fraction of sp³-hybridized carbons (Fsp3) is 0.273. The monoisotopic (exact) mass is 219 g/mol. The average molecular weight is 219 g/mol. The lowest BCUT2D eigenvalue weighted by Gasteiger charge is -2.08. The lowest BCUT2D eigenvalue weighted by molar-refractivity contribution is 0.0694. The molecule has 0 atom stereocenters. The molecular weight excluding hydrogens is 206 g/mol. The molecule has 0 saturated heterocycles. The van der Waals surface area contributed by atoms with Gasteiger partial charge in [-0.05, 0) is 12.1 Å². The summed E-state index contributed by atoms with van der Waals surface area (Å²) in [6.07, 6.45) is 0. The van der Waals surface area contributed by atoms with E-state index in [-0.39, 0.29) is 11.8 Å². The van der Waals surface area contributed by atoms with Crippen molar-refractivity contribution in [3.8, 4) is 0 Å². The Morgan fingerprint density at radius 3 is 1.62 bits per heavy atom. The number of imide groups is 1. The molecule has 0 aromatic heterocycles. The second kappa shape index (κ2) is 3.52. The third-order valence-electron chi connectivity index (χ3n) is 2.78. The van der Waals surface area contributed by atoms with Gasteiger partial charge in [-0.15, -0.1) is 0 Å². The molecule has 5 heteroatoms. The molecule has 0 saturated carbocycles. The Bertz CT molecular complexity index is 439. The topological polar surface area (TPSA) is 61.4 Å². The largest absolute Gasteiger partial charge is 0.387 e. The number of anilines is 2. The Morgan fingerprint density at radius 2 is 1.31 bits per heavy atom. The van der Waals surface area contributed by atoms with Crippen LogP contribution in [0.4, 0.5) is 11.4 Å². The van der Waals surface area contributed by atoms with Crippen molar-refractivity contribution in [2.75, 3.05) is 31.8 Å². The molecule has 1 aliphatic heterocycles. The number of amides is 2. The quantitative estimate of drug-likeness (QED) is 0.728. The molecule has 1 aromatic carbocycles. The average Bonchev–Trinajstić information content (AvgIpc) is 2.54. The van der Waals surface area contributed by atoms with Gasteiger partial charge < -0.3 is 10.6 Å². The second-order valence-corrected chi connectivity index (χ2v) is 3.58. The van der Waals surface area contributed by atoms with Gasteiger partial charge in [-0.3, -0.25) is 14.5 Å². The van der Waals surface area contributed by atoms with Crippen LogP contribution < -0.4 is 10.6 Å². The Hall–Kier alpha value is -2.04. The molecule has 16 heavy (non-hydrogen) atoms. The molecule has 0 aliphatic carbocycles. The van der Waals surface area contributed by atoms with E-state index in [9.17, 15) is 9.59 Å². The first-order chi connectivity index (χ1) is 7.61. The lowest BCUT2D eigenvalue weighted by atomic mass is 10.1. The zero-order chi connectivity index (χ0) is 11.9. The maximum Gasteiger partial charge on any atom is 0.263 e. The number of rotatable bonds is 2. The summed E-state index contributed by atoms with van der Waals surface area (Å²) >= 11 is 0. The van der Waals surface area contributed by atoms with Crippen molar-refractivity contribution in [2.45, 2.75) is 0 Å². The highest BCUT2D eigenvalue weighted by atomic mass is 16.2. The van der Waals surface area contributed by atoms with Crippen LogP contribution in [0, 0.1) is 0 Å². The minimum atomic E-state index is -0.263. The van der Waals surface area contributed by atoms with E-state index < -0.39 is 0 Å². The normalized spacial score (nSPS) is 14.1. The second-order valence-electron chi connectivity index (χ2n) is 3.58. The van der Waals surface area contributed by atoms with Crippen LogP contribution in [-0.2, 0) is 0 Å². The molecule has 5 nitrogen and oxygen atoms in total. The van der Waals surface area contributed by atoms with Crippen molar-refractivity contribution in [1.29, 1.82) is 0 Å². The number of nitrogens with zero attached hydrogens (tertiary/aromatic N) is 1. The molecule has 1 heterocycles. The Labute approximate surface area is 93.4 Å². The summed E-state index contributed by atoms with van der Waals surface area (Å²) in [7, 11) is 4.94. The third-order valence-corrected chi connectivity index (χ3v) is 2.78. The van der Waals surface area contributed by atoms with E-state index in [4.69, 9.17) is 0 Å². The van der Waals surface area contributed by atoms with Gasteiger partial charge in [-0.1, -0.05) is 0 Å². The molecule has 84 valence electrons. The fourth-order valence-corrected chi connectivity index (χ4v) is 1.89. The van der Waals surface area contributed by atoms with Crippen LogP contribution in [0.15, 0.2) is 12.1 Å². The molecule has 0 bridgehead atoms. The SMILES string of the molecule is CNc1ccc(NC)c2c1C(=O)N(C)C2=O. The highest BCUT2D eigenvalue weighted by Gasteiger charge is 2.36. The van der Waals surface area contributed by atoms with Crippen LogP contribution >= 0.6 is 0 Å². The first-order valence-corrected chi connectivity index (χ1v) is 4.96. The van der Waals surface area contributed by atoms with E-state index in [1.807, 2.05) is 0 Å². The van der Waals surface area contributed by atoms with E-state index in [1.165, 1.54) is 7.05 Å². The van der Waals surface area contributed by atoms with E-state index in [0.717, 1.165) is 4.90 Å². The van der Waals surface area contributed by atoms with Gasteiger partial charge in [0, 0.05) is 32.5 Å². The molecule has 0 spiro atoms. The van der Waals surface area contributed by atoms with E-state index >= 15 is 0 Å². The fourth-order valence-electron chi connectivity index (χ4n) is 1.89. The maximum atomic E-state index is 11.9. The number of hydrogen-bond acceptors (Lipinski definition) is 4. The van der Waals surface area contributed by atoms with Gasteiger partial charge in [-0.2, -0.15) is 0 Å². The maximum absolute atomic E-state index is 11.9. The summed E-state index contributed by atoms with van der Waals surface area (Å²) < 4.78 is 0. The van der Waals surface area contributed by atoms with Crippen LogP contribution in [0.3, 0.4) is 0 Å². The first-order valence-electron chi connectivity index (χ1n) is 4.96. The summed E-state index contributed by atoms with van der Waals surface area (Å²) in [6.45, 7) is 0. The van der Waals surface area contributed by atoms with Gasteiger partial charge in [0.2, 0.25) is 0 Å². The Balaban J connectivity index is 2.74. The number of carbonyl (C=O) groups excluding carboxylic acids is 2. The highest BCUT2D eigenvalue weighted by molar-refractivity contribution is 6.25. The number of hydrogen-bond donors (Lipinski definition) is 2. The van der Waals surface area contributed by atoms with Gasteiger partial charge in [0.1, 0.15) is 0 Å². The molecule has 0 radical (unpaired) electrons. The lowest BCUT2D eigenvalue weighted by Crippen LogP contribution is -2.24. The molecule has 0 unspecified atom stereocenters. The van der Waals surface area contributed by atoms with Crippen molar-refractivity contribution in [1.82, 2.24) is 4.90 Å². The molecule has 2 rings (SSSR count). The van der Waals surface area contributed by atoms with Crippen molar-refractivity contribution >= 4 is 23.2 Å². The molecule has 1 aromatic rings. The predicted molar refractivity (Wildman–Crippen MR) is 62.0 cm³/mol. The van der Waals surface area contributed by atoms with E-state index in [2.05, 4.69) is 10.6 Å². The first kappa shape index (κ1) is 10.5. The zero-order valence-electron chi connectivity index (χ0n) is 9.42. The Kier molecular flexibility index (Phi) is 2.30. The van der Waals surface area contributed by atoms with Crippen LogP contribution in [0.2, 0.25) is 0 Å². The summed E-state index contributed by atoms with van der Waals surface area (Å²) in [5.41, 5.74) is 2.25. The van der Waals surface area contributed by atoms with Crippen LogP contribution in [-0.4, -0.2) is 37.9 Å². The minimum absolute atomic E-state index is 0.263. The number of benzene rings is 1. The third kappa shape index (κ3) is 1.18. The van der Waals surface area contributed by atoms with Gasteiger partial charge in [-0.25, -0.2) is 0 Å². The van der Waals surface area contributed by atoms with Crippen molar-refractivity contribution in [3.05, 3.63) is 23.3 Å². The summed E-state index contributed by atoms with van der Waals surface area (Å²) in [5, 5.41) is 5.85. The van der Waals surface area contributed by atoms with Gasteiger partial charge in [0.05, 0.1) is 11.1 Å². The van der Waals surface area contributed by atoms with Crippen molar-refractivity contribution < 1.29 is 9.59 Å². The van der Waals surface area contributed by atoms with Crippen LogP contribution in [0.1, 0.15) is 20.7 Å². The smallest absolute Gasteiger partial charge is 0.263 e. The summed E-state index contributed by atoms with van der Waals surface area (Å²) in [6, 6.07) is 3.57. The molecule has 1 aliphatic rings. The molecule has 2 N–H and O–H groups in total. The summed E-state index contributed by atoms with van der Waals surface area (Å²) in [4.78, 5) is 24.9. The molecule has 2 amide bonds. The van der Waals surface area contributed by atoms with Gasteiger partial charge >= 0.3 is 0 Å². The zero-order valence-corrected chi connectivity index (χ0v) is 9.42. The van der Waals surface area contributed by atoms with E-state index in [1.54, 1.807) is 26.2 Å². The van der Waals surface area contributed by atoms with Crippen molar-refractivity contribution in [2.24, 2.45) is 0 Å². The highest BCUT2D eigenvalue weighted by Crippen LogP contribution is 2.33. The van der Waals surface area contributed by atoms with Crippen LogP contribution in [0.25, 0.3) is 0 Å². The van der Waals surface area contributed by atoms with E-state index in [0.29, 0.717) is 22.5 Å². The van der Waals surface area contributed by atoms with Crippen molar-refractivity contribution in [3.63, 3.8) is 0 Å².